The maximum absolute atomic E-state index is 11.9. The molecule has 2 atom stereocenters. The topological polar surface area (TPSA) is 41.1 Å². The van der Waals surface area contributed by atoms with Crippen molar-refractivity contribution in [1.82, 2.24) is 10.6 Å². The summed E-state index contributed by atoms with van der Waals surface area (Å²) in [5.74, 6) is -0.0785. The lowest BCUT2D eigenvalue weighted by molar-refractivity contribution is -0.135. The van der Waals surface area contributed by atoms with Gasteiger partial charge in [-0.05, 0) is 32.6 Å². The number of halogens is 3. The Hall–Kier alpha value is -0.780. The van der Waals surface area contributed by atoms with Gasteiger partial charge in [0, 0.05) is 25.6 Å². The molecular weight excluding hydrogens is 245 g/mol. The van der Waals surface area contributed by atoms with E-state index in [0.717, 1.165) is 12.8 Å². The van der Waals surface area contributed by atoms with Crippen molar-refractivity contribution in [3.05, 3.63) is 0 Å². The van der Waals surface area contributed by atoms with Crippen molar-refractivity contribution in [3.8, 4) is 0 Å². The second-order valence-corrected chi connectivity index (χ2v) is 4.95. The second-order valence-electron chi connectivity index (χ2n) is 4.95. The molecule has 1 fully saturated rings. The lowest BCUT2D eigenvalue weighted by atomic mass is 9.95. The Kier molecular flexibility index (Phi) is 5.91. The molecule has 0 aromatic heterocycles. The van der Waals surface area contributed by atoms with E-state index >= 15 is 0 Å². The van der Waals surface area contributed by atoms with Gasteiger partial charge in [0.25, 0.3) is 0 Å². The summed E-state index contributed by atoms with van der Waals surface area (Å²) in [6.45, 7) is 3.07. The summed E-state index contributed by atoms with van der Waals surface area (Å²) in [6, 6.07) is 0.445. The zero-order valence-corrected chi connectivity index (χ0v) is 10.6. The summed E-state index contributed by atoms with van der Waals surface area (Å²) in [5, 5.41) is 5.93. The fourth-order valence-electron chi connectivity index (χ4n) is 2.03. The molecule has 2 N–H and O–H groups in total. The Balaban J connectivity index is 2.07. The minimum Gasteiger partial charge on any atom is -0.356 e. The van der Waals surface area contributed by atoms with Crippen molar-refractivity contribution in [2.75, 3.05) is 13.1 Å². The molecule has 6 heteroatoms. The van der Waals surface area contributed by atoms with Gasteiger partial charge in [-0.25, -0.2) is 0 Å². The van der Waals surface area contributed by atoms with Gasteiger partial charge in [-0.3, -0.25) is 4.79 Å². The molecule has 0 spiro atoms. The molecule has 0 saturated carbocycles. The second kappa shape index (κ2) is 6.97. The highest BCUT2D eigenvalue weighted by atomic mass is 19.4. The number of hydrogen-bond acceptors (Lipinski definition) is 2. The maximum Gasteiger partial charge on any atom is 0.389 e. The van der Waals surface area contributed by atoms with Crippen LogP contribution >= 0.6 is 0 Å². The molecule has 0 bridgehead atoms. The summed E-state index contributed by atoms with van der Waals surface area (Å²) in [6.07, 6.45) is -2.60. The van der Waals surface area contributed by atoms with Gasteiger partial charge >= 0.3 is 6.18 Å². The van der Waals surface area contributed by atoms with Gasteiger partial charge in [-0.1, -0.05) is 0 Å². The van der Waals surface area contributed by atoms with Crippen LogP contribution in [0.5, 0.6) is 0 Å². The van der Waals surface area contributed by atoms with Gasteiger partial charge in [-0.15, -0.1) is 0 Å². The molecule has 0 aromatic carbocycles. The average Bonchev–Trinajstić information content (AvgIpc) is 2.27. The van der Waals surface area contributed by atoms with Crippen LogP contribution in [0.3, 0.4) is 0 Å². The van der Waals surface area contributed by atoms with E-state index in [0.29, 0.717) is 25.6 Å². The number of hydrogen-bond donors (Lipinski definition) is 2. The zero-order valence-electron chi connectivity index (χ0n) is 10.6. The number of carbonyl (C=O) groups excluding carboxylic acids is 1. The summed E-state index contributed by atoms with van der Waals surface area (Å²) in [7, 11) is 0. The highest BCUT2D eigenvalue weighted by Gasteiger charge is 2.26. The van der Waals surface area contributed by atoms with E-state index in [9.17, 15) is 18.0 Å². The lowest BCUT2D eigenvalue weighted by Crippen LogP contribution is -2.44. The van der Waals surface area contributed by atoms with Crippen LogP contribution in [0, 0.1) is 5.92 Å². The molecule has 3 nitrogen and oxygen atoms in total. The van der Waals surface area contributed by atoms with E-state index in [1.54, 1.807) is 0 Å². The molecule has 1 saturated heterocycles. The largest absolute Gasteiger partial charge is 0.389 e. The highest BCUT2D eigenvalue weighted by Crippen LogP contribution is 2.21. The van der Waals surface area contributed by atoms with Crippen molar-refractivity contribution >= 4 is 5.91 Å². The molecule has 106 valence electrons. The number of rotatable bonds is 5. The van der Waals surface area contributed by atoms with E-state index < -0.39 is 12.6 Å². The van der Waals surface area contributed by atoms with Crippen molar-refractivity contribution in [1.29, 1.82) is 0 Å². The maximum atomic E-state index is 11.9. The number of carbonyl (C=O) groups is 1. The first-order valence-corrected chi connectivity index (χ1v) is 6.46. The fourth-order valence-corrected chi connectivity index (χ4v) is 2.03. The van der Waals surface area contributed by atoms with Gasteiger partial charge in [-0.2, -0.15) is 13.2 Å². The monoisotopic (exact) mass is 266 g/mol. The molecule has 1 aliphatic heterocycles. The molecule has 2 unspecified atom stereocenters. The van der Waals surface area contributed by atoms with Crippen LogP contribution in [0.4, 0.5) is 13.2 Å². The van der Waals surface area contributed by atoms with E-state index in [1.807, 2.05) is 0 Å². The number of amides is 1. The van der Waals surface area contributed by atoms with Crippen molar-refractivity contribution in [2.45, 2.75) is 51.2 Å². The minimum absolute atomic E-state index is 0.0381. The molecule has 1 aliphatic rings. The minimum atomic E-state index is -4.09. The van der Waals surface area contributed by atoms with Crippen LogP contribution in [0.25, 0.3) is 0 Å². The van der Waals surface area contributed by atoms with Crippen LogP contribution in [-0.2, 0) is 4.79 Å². The third-order valence-electron chi connectivity index (χ3n) is 3.22. The van der Waals surface area contributed by atoms with Gasteiger partial charge in [0.1, 0.15) is 0 Å². The van der Waals surface area contributed by atoms with Gasteiger partial charge in [0.2, 0.25) is 5.91 Å². The Labute approximate surface area is 106 Å². The van der Waals surface area contributed by atoms with E-state index in [4.69, 9.17) is 0 Å². The van der Waals surface area contributed by atoms with Gasteiger partial charge in [0.05, 0.1) is 5.92 Å². The first kappa shape index (κ1) is 15.3. The molecular formula is C12H21F3N2O. The Morgan fingerprint density at radius 3 is 2.61 bits per heavy atom. The number of piperidine rings is 1. The third-order valence-corrected chi connectivity index (χ3v) is 3.22. The smallest absolute Gasteiger partial charge is 0.356 e. The van der Waals surface area contributed by atoms with Crippen LogP contribution in [0.1, 0.15) is 39.0 Å². The van der Waals surface area contributed by atoms with Crippen LogP contribution in [0.2, 0.25) is 0 Å². The number of unbranched alkanes of at least 4 members (excludes halogenated alkanes) is 1. The lowest BCUT2D eigenvalue weighted by Gasteiger charge is -2.26. The molecule has 0 radical (unpaired) electrons. The molecule has 0 aliphatic carbocycles. The molecule has 1 heterocycles. The molecule has 1 amide bonds. The Bertz CT molecular complexity index is 261. The first-order valence-electron chi connectivity index (χ1n) is 6.46. The summed E-state index contributed by atoms with van der Waals surface area (Å²) in [4.78, 5) is 11.7. The summed E-state index contributed by atoms with van der Waals surface area (Å²) in [5.41, 5.74) is 0. The summed E-state index contributed by atoms with van der Waals surface area (Å²) >= 11 is 0. The van der Waals surface area contributed by atoms with E-state index in [-0.39, 0.29) is 18.2 Å². The fraction of sp³-hybridized carbons (Fsp3) is 0.917. The standard InChI is InChI=1S/C12H21F3N2O/c1-9-4-5-10(8-17-9)11(18)16-7-3-2-6-12(13,14)15/h9-10,17H,2-8H2,1H3,(H,16,18). The van der Waals surface area contributed by atoms with E-state index in [2.05, 4.69) is 17.6 Å². The average molecular weight is 266 g/mol. The molecule has 0 aromatic rings. The third kappa shape index (κ3) is 6.23. The zero-order chi connectivity index (χ0) is 13.6. The van der Waals surface area contributed by atoms with Crippen molar-refractivity contribution in [2.24, 2.45) is 5.92 Å². The van der Waals surface area contributed by atoms with Crippen LogP contribution in [-0.4, -0.2) is 31.2 Å². The van der Waals surface area contributed by atoms with Crippen LogP contribution in [0.15, 0.2) is 0 Å². The van der Waals surface area contributed by atoms with Crippen molar-refractivity contribution < 1.29 is 18.0 Å². The molecule has 1 rings (SSSR count). The molecule has 18 heavy (non-hydrogen) atoms. The van der Waals surface area contributed by atoms with E-state index in [1.165, 1.54) is 0 Å². The normalized spacial score (nSPS) is 24.9. The first-order chi connectivity index (χ1) is 8.38. The predicted octanol–water partition coefficient (Wildman–Crippen LogP) is 2.22. The quantitative estimate of drug-likeness (QED) is 0.749. The SMILES string of the molecule is CC1CCC(C(=O)NCCCCC(F)(F)F)CN1. The van der Waals surface area contributed by atoms with Crippen molar-refractivity contribution in [3.63, 3.8) is 0 Å². The Morgan fingerprint density at radius 1 is 1.33 bits per heavy atom. The summed E-state index contributed by atoms with van der Waals surface area (Å²) < 4.78 is 35.6. The predicted molar refractivity (Wildman–Crippen MR) is 63.1 cm³/mol. The highest BCUT2D eigenvalue weighted by molar-refractivity contribution is 5.78. The Morgan fingerprint density at radius 2 is 2.06 bits per heavy atom. The van der Waals surface area contributed by atoms with Crippen LogP contribution < -0.4 is 10.6 Å². The van der Waals surface area contributed by atoms with Gasteiger partial charge in [0.15, 0.2) is 0 Å². The number of alkyl halides is 3. The van der Waals surface area contributed by atoms with Gasteiger partial charge < -0.3 is 10.6 Å². The number of nitrogens with one attached hydrogen (secondary N) is 2.